The topological polar surface area (TPSA) is 84.9 Å². The number of nitrogens with one attached hydrogen (secondary N) is 1. The van der Waals surface area contributed by atoms with Crippen LogP contribution in [0.25, 0.3) is 0 Å². The molecule has 2 rings (SSSR count). The summed E-state index contributed by atoms with van der Waals surface area (Å²) in [4.78, 5) is 24.0. The van der Waals surface area contributed by atoms with Crippen LogP contribution in [-0.2, 0) is 4.79 Å². The van der Waals surface area contributed by atoms with Crippen LogP contribution in [0.15, 0.2) is 42.5 Å². The second kappa shape index (κ2) is 8.84. The normalized spacial score (nSPS) is 11.5. The van der Waals surface area contributed by atoms with Gasteiger partial charge in [-0.3, -0.25) is 4.79 Å². The maximum atomic E-state index is 13.9. The molecule has 0 heterocycles. The van der Waals surface area contributed by atoms with E-state index < -0.39 is 23.7 Å². The van der Waals surface area contributed by atoms with E-state index in [9.17, 15) is 19.1 Å². The van der Waals surface area contributed by atoms with Crippen molar-refractivity contribution >= 4 is 11.9 Å². The number of hydrogen-bond donors (Lipinski definition) is 2. The third-order valence-corrected chi connectivity index (χ3v) is 3.60. The Morgan fingerprint density at radius 2 is 2.00 bits per heavy atom. The number of hydrogen-bond acceptors (Lipinski definition) is 4. The van der Waals surface area contributed by atoms with Gasteiger partial charge in [0.25, 0.3) is 5.91 Å². The Kier molecular flexibility index (Phi) is 6.54. The molecule has 0 aromatic heterocycles. The molecule has 0 radical (unpaired) electrons. The van der Waals surface area contributed by atoms with Crippen LogP contribution in [0.4, 0.5) is 4.39 Å². The lowest BCUT2D eigenvalue weighted by atomic mass is 10.1. The summed E-state index contributed by atoms with van der Waals surface area (Å²) in [5.74, 6) is -2.11. The molecule has 0 spiro atoms. The van der Waals surface area contributed by atoms with Crippen LogP contribution in [0.1, 0.15) is 35.3 Å². The van der Waals surface area contributed by atoms with Crippen LogP contribution in [0.2, 0.25) is 0 Å². The molecule has 0 saturated carbocycles. The molecule has 2 aromatic rings. The number of methoxy groups -OCH3 is 1. The summed E-state index contributed by atoms with van der Waals surface area (Å²) in [5, 5.41) is 11.8. The zero-order chi connectivity index (χ0) is 19.1. The summed E-state index contributed by atoms with van der Waals surface area (Å²) >= 11 is 0. The highest BCUT2D eigenvalue weighted by Gasteiger charge is 2.24. The summed E-state index contributed by atoms with van der Waals surface area (Å²) in [6, 6.07) is 8.75. The van der Waals surface area contributed by atoms with Crippen molar-refractivity contribution in [1.29, 1.82) is 0 Å². The SMILES string of the molecule is CCCOc1cccc(C(=O)NC(C(=O)O)c2ccc(OC)c(F)c2)c1. The number of ether oxygens (including phenoxy) is 2. The Labute approximate surface area is 150 Å². The minimum Gasteiger partial charge on any atom is -0.494 e. The van der Waals surface area contributed by atoms with E-state index in [0.29, 0.717) is 12.4 Å². The molecule has 0 saturated heterocycles. The number of aliphatic carboxylic acids is 1. The fourth-order valence-corrected chi connectivity index (χ4v) is 2.31. The number of carbonyl (C=O) groups excluding carboxylic acids is 1. The highest BCUT2D eigenvalue weighted by molar-refractivity contribution is 5.97. The minimum atomic E-state index is -1.40. The third-order valence-electron chi connectivity index (χ3n) is 3.60. The van der Waals surface area contributed by atoms with Gasteiger partial charge < -0.3 is 19.9 Å². The number of carbonyl (C=O) groups is 2. The first-order valence-corrected chi connectivity index (χ1v) is 8.06. The van der Waals surface area contributed by atoms with Crippen LogP contribution in [0.5, 0.6) is 11.5 Å². The minimum absolute atomic E-state index is 0.00927. The Morgan fingerprint density at radius 1 is 1.23 bits per heavy atom. The molecule has 138 valence electrons. The summed E-state index contributed by atoms with van der Waals surface area (Å²) in [6.07, 6.45) is 0.820. The summed E-state index contributed by atoms with van der Waals surface area (Å²) < 4.78 is 24.1. The molecule has 0 aliphatic rings. The van der Waals surface area contributed by atoms with Gasteiger partial charge in [-0.1, -0.05) is 19.1 Å². The molecule has 6 nitrogen and oxygen atoms in total. The van der Waals surface area contributed by atoms with Gasteiger partial charge >= 0.3 is 5.97 Å². The molecule has 0 bridgehead atoms. The summed E-state index contributed by atoms with van der Waals surface area (Å²) in [6.45, 7) is 2.47. The van der Waals surface area contributed by atoms with Crippen molar-refractivity contribution in [2.75, 3.05) is 13.7 Å². The van der Waals surface area contributed by atoms with E-state index in [4.69, 9.17) is 9.47 Å². The van der Waals surface area contributed by atoms with E-state index in [-0.39, 0.29) is 16.9 Å². The van der Waals surface area contributed by atoms with Gasteiger partial charge in [-0.15, -0.1) is 0 Å². The van der Waals surface area contributed by atoms with Crippen LogP contribution in [0, 0.1) is 5.82 Å². The van der Waals surface area contributed by atoms with Crippen molar-refractivity contribution in [2.24, 2.45) is 0 Å². The van der Waals surface area contributed by atoms with Crippen molar-refractivity contribution in [3.05, 3.63) is 59.4 Å². The number of halogens is 1. The van der Waals surface area contributed by atoms with Crippen molar-refractivity contribution in [3.63, 3.8) is 0 Å². The molecule has 26 heavy (non-hydrogen) atoms. The van der Waals surface area contributed by atoms with E-state index in [1.807, 2.05) is 6.92 Å². The largest absolute Gasteiger partial charge is 0.494 e. The van der Waals surface area contributed by atoms with Gasteiger partial charge in [0.05, 0.1) is 13.7 Å². The van der Waals surface area contributed by atoms with E-state index in [2.05, 4.69) is 5.32 Å². The average Bonchev–Trinajstić information content (AvgIpc) is 2.64. The number of rotatable bonds is 8. The van der Waals surface area contributed by atoms with Crippen molar-refractivity contribution in [1.82, 2.24) is 5.32 Å². The first-order chi connectivity index (χ1) is 12.5. The zero-order valence-corrected chi connectivity index (χ0v) is 14.5. The predicted octanol–water partition coefficient (Wildman–Crippen LogP) is 3.18. The first kappa shape index (κ1) is 19.2. The fraction of sp³-hybridized carbons (Fsp3) is 0.263. The molecule has 7 heteroatoms. The highest BCUT2D eigenvalue weighted by Crippen LogP contribution is 2.23. The zero-order valence-electron chi connectivity index (χ0n) is 14.5. The molecule has 0 fully saturated rings. The lowest BCUT2D eigenvalue weighted by Gasteiger charge is -2.16. The molecule has 1 atom stereocenters. The van der Waals surface area contributed by atoms with Gasteiger partial charge in [-0.05, 0) is 42.3 Å². The number of benzene rings is 2. The molecular formula is C19H20FNO5. The van der Waals surface area contributed by atoms with E-state index in [1.54, 1.807) is 18.2 Å². The standard InChI is InChI=1S/C19H20FNO5/c1-3-9-26-14-6-4-5-13(10-14)18(22)21-17(19(23)24)12-7-8-16(25-2)15(20)11-12/h4-8,10-11,17H,3,9H2,1-2H3,(H,21,22)(H,23,24). The second-order valence-electron chi connectivity index (χ2n) is 5.51. The van der Waals surface area contributed by atoms with Crippen LogP contribution in [0.3, 0.4) is 0 Å². The lowest BCUT2D eigenvalue weighted by Crippen LogP contribution is -2.33. The quantitative estimate of drug-likeness (QED) is 0.754. The molecule has 1 unspecified atom stereocenters. The maximum Gasteiger partial charge on any atom is 0.330 e. The van der Waals surface area contributed by atoms with Gasteiger partial charge in [0.1, 0.15) is 5.75 Å². The molecular weight excluding hydrogens is 341 g/mol. The Balaban J connectivity index is 2.21. The van der Waals surface area contributed by atoms with E-state index in [1.165, 1.54) is 25.3 Å². The Morgan fingerprint density at radius 3 is 2.62 bits per heavy atom. The second-order valence-corrected chi connectivity index (χ2v) is 5.51. The van der Waals surface area contributed by atoms with Crippen LogP contribution >= 0.6 is 0 Å². The Bertz CT molecular complexity index is 793. The Hall–Kier alpha value is -3.09. The number of amides is 1. The van der Waals surface area contributed by atoms with Crippen molar-refractivity contribution in [3.8, 4) is 11.5 Å². The van der Waals surface area contributed by atoms with Crippen LogP contribution < -0.4 is 14.8 Å². The lowest BCUT2D eigenvalue weighted by molar-refractivity contribution is -0.139. The van der Waals surface area contributed by atoms with Crippen molar-refractivity contribution < 1.29 is 28.6 Å². The monoisotopic (exact) mass is 361 g/mol. The van der Waals surface area contributed by atoms with Crippen molar-refractivity contribution in [2.45, 2.75) is 19.4 Å². The molecule has 2 N–H and O–H groups in total. The average molecular weight is 361 g/mol. The first-order valence-electron chi connectivity index (χ1n) is 8.06. The fourth-order valence-electron chi connectivity index (χ4n) is 2.31. The van der Waals surface area contributed by atoms with Gasteiger partial charge in [-0.2, -0.15) is 0 Å². The number of carboxylic acids is 1. The predicted molar refractivity (Wildman–Crippen MR) is 93.0 cm³/mol. The molecule has 2 aromatic carbocycles. The number of carboxylic acid groups (broad SMARTS) is 1. The smallest absolute Gasteiger partial charge is 0.330 e. The van der Waals surface area contributed by atoms with Gasteiger partial charge in [0.15, 0.2) is 17.6 Å². The molecule has 1 amide bonds. The molecule has 0 aliphatic carbocycles. The van der Waals surface area contributed by atoms with Gasteiger partial charge in [0.2, 0.25) is 0 Å². The van der Waals surface area contributed by atoms with E-state index in [0.717, 1.165) is 12.5 Å². The van der Waals surface area contributed by atoms with Gasteiger partial charge in [0, 0.05) is 5.56 Å². The van der Waals surface area contributed by atoms with Crippen LogP contribution in [-0.4, -0.2) is 30.7 Å². The van der Waals surface area contributed by atoms with Gasteiger partial charge in [-0.25, -0.2) is 9.18 Å². The maximum absolute atomic E-state index is 13.9. The van der Waals surface area contributed by atoms with E-state index >= 15 is 0 Å². The molecule has 0 aliphatic heterocycles. The summed E-state index contributed by atoms with van der Waals surface area (Å²) in [7, 11) is 1.31. The summed E-state index contributed by atoms with van der Waals surface area (Å²) in [5.41, 5.74) is 0.348. The third kappa shape index (κ3) is 4.72. The highest BCUT2D eigenvalue weighted by atomic mass is 19.1.